The van der Waals surface area contributed by atoms with Gasteiger partial charge in [0.25, 0.3) is 0 Å². The lowest BCUT2D eigenvalue weighted by Crippen LogP contribution is -2.51. The minimum absolute atomic E-state index is 0.378. The summed E-state index contributed by atoms with van der Waals surface area (Å²) in [6.45, 7) is 8.14. The fourth-order valence-corrected chi connectivity index (χ4v) is 4.73. The first-order chi connectivity index (χ1) is 7.03. The van der Waals surface area contributed by atoms with E-state index in [1.165, 1.54) is 38.5 Å². The van der Waals surface area contributed by atoms with E-state index >= 15 is 0 Å². The van der Waals surface area contributed by atoms with E-state index in [1.54, 1.807) is 0 Å². The SMILES string of the molecule is CC(C)C(C)(Br)B1C2CCCC1CCC2. The van der Waals surface area contributed by atoms with Gasteiger partial charge in [0.15, 0.2) is 6.71 Å². The predicted molar refractivity (Wildman–Crippen MR) is 73.1 cm³/mol. The Morgan fingerprint density at radius 2 is 1.47 bits per heavy atom. The van der Waals surface area contributed by atoms with Crippen LogP contribution in [-0.2, 0) is 0 Å². The van der Waals surface area contributed by atoms with Crippen LogP contribution >= 0.6 is 15.9 Å². The number of hydrogen-bond acceptors (Lipinski definition) is 0. The Balaban J connectivity index is 2.19. The molecule has 0 radical (unpaired) electrons. The highest BCUT2D eigenvalue weighted by molar-refractivity contribution is 9.10. The molecule has 15 heavy (non-hydrogen) atoms. The average molecular weight is 271 g/mol. The van der Waals surface area contributed by atoms with Gasteiger partial charge in [-0.1, -0.05) is 86.9 Å². The summed E-state index contributed by atoms with van der Waals surface area (Å²) < 4.78 is 0.378. The third-order valence-corrected chi connectivity index (χ3v) is 6.54. The van der Waals surface area contributed by atoms with E-state index in [0.29, 0.717) is 4.22 Å². The number of rotatable bonds is 2. The lowest BCUT2D eigenvalue weighted by molar-refractivity contribution is 0.420. The highest BCUT2D eigenvalue weighted by Gasteiger charge is 2.49. The second-order valence-corrected chi connectivity index (χ2v) is 7.92. The first-order valence-corrected chi connectivity index (χ1v) is 7.51. The second-order valence-electron chi connectivity index (χ2n) is 6.21. The Kier molecular flexibility index (Phi) is 3.55. The molecular formula is C13H24BBr. The second kappa shape index (κ2) is 4.43. The van der Waals surface area contributed by atoms with Crippen molar-refractivity contribution in [3.05, 3.63) is 0 Å². The normalized spacial score (nSPS) is 35.4. The lowest BCUT2D eigenvalue weighted by Gasteiger charge is -2.48. The van der Waals surface area contributed by atoms with E-state index < -0.39 is 0 Å². The highest BCUT2D eigenvalue weighted by Crippen LogP contribution is 2.53. The molecule has 2 fully saturated rings. The summed E-state index contributed by atoms with van der Waals surface area (Å²) in [6.07, 6.45) is 8.97. The molecule has 0 aromatic heterocycles. The fraction of sp³-hybridized carbons (Fsp3) is 1.00. The zero-order valence-electron chi connectivity index (χ0n) is 10.4. The van der Waals surface area contributed by atoms with Gasteiger partial charge >= 0.3 is 0 Å². The van der Waals surface area contributed by atoms with Crippen LogP contribution in [0.2, 0.25) is 11.6 Å². The van der Waals surface area contributed by atoms with E-state index in [4.69, 9.17) is 0 Å². The van der Waals surface area contributed by atoms with Gasteiger partial charge in [-0.15, -0.1) is 0 Å². The van der Waals surface area contributed by atoms with Crippen LogP contribution in [0.3, 0.4) is 0 Å². The molecule has 0 nitrogen and oxygen atoms in total. The van der Waals surface area contributed by atoms with Crippen LogP contribution in [0.5, 0.6) is 0 Å². The molecule has 1 atom stereocenters. The van der Waals surface area contributed by atoms with E-state index in [1.807, 2.05) is 0 Å². The molecular weight excluding hydrogens is 247 g/mol. The van der Waals surface area contributed by atoms with Crippen LogP contribution in [-0.4, -0.2) is 10.9 Å². The molecule has 86 valence electrons. The van der Waals surface area contributed by atoms with Crippen molar-refractivity contribution in [1.82, 2.24) is 0 Å². The third-order valence-electron chi connectivity index (χ3n) is 5.10. The van der Waals surface area contributed by atoms with E-state index in [0.717, 1.165) is 24.3 Å². The van der Waals surface area contributed by atoms with Gasteiger partial charge in [0.1, 0.15) is 0 Å². The van der Waals surface area contributed by atoms with Gasteiger partial charge in [0.2, 0.25) is 0 Å². The smallest absolute Gasteiger partial charge is 0.0944 e. The zero-order chi connectivity index (χ0) is 11.1. The molecule has 0 spiro atoms. The zero-order valence-corrected chi connectivity index (χ0v) is 12.0. The molecule has 0 aliphatic carbocycles. The topological polar surface area (TPSA) is 0 Å². The number of halogens is 1. The average Bonchev–Trinajstić information content (AvgIpc) is 2.16. The van der Waals surface area contributed by atoms with Gasteiger partial charge in [-0.05, 0) is 5.92 Å². The quantitative estimate of drug-likeness (QED) is 0.493. The summed E-state index contributed by atoms with van der Waals surface area (Å²) in [4.78, 5) is 0. The summed E-state index contributed by atoms with van der Waals surface area (Å²) in [6, 6.07) is 0. The number of hydrogen-bond donors (Lipinski definition) is 0. The molecule has 0 aromatic carbocycles. The van der Waals surface area contributed by atoms with Gasteiger partial charge in [-0.25, -0.2) is 0 Å². The molecule has 2 saturated heterocycles. The summed E-state index contributed by atoms with van der Waals surface area (Å²) in [7, 11) is 0. The number of fused-ring (bicyclic) bond motifs is 2. The molecule has 0 amide bonds. The highest BCUT2D eigenvalue weighted by atomic mass is 79.9. The number of alkyl halides is 1. The monoisotopic (exact) mass is 270 g/mol. The van der Waals surface area contributed by atoms with E-state index in [-0.39, 0.29) is 0 Å². The minimum atomic E-state index is 0.378. The molecule has 2 bridgehead atoms. The summed E-state index contributed by atoms with van der Waals surface area (Å²) in [5.74, 6) is 2.79. The van der Waals surface area contributed by atoms with Crippen LogP contribution in [0.4, 0.5) is 0 Å². The van der Waals surface area contributed by atoms with Crippen molar-refractivity contribution in [2.24, 2.45) is 5.92 Å². The maximum absolute atomic E-state index is 4.06. The third kappa shape index (κ3) is 2.16. The van der Waals surface area contributed by atoms with Crippen LogP contribution in [0.1, 0.15) is 59.3 Å². The van der Waals surface area contributed by atoms with E-state index in [9.17, 15) is 0 Å². The van der Waals surface area contributed by atoms with E-state index in [2.05, 4.69) is 36.7 Å². The van der Waals surface area contributed by atoms with Gasteiger partial charge in [-0.3, -0.25) is 0 Å². The van der Waals surface area contributed by atoms with Crippen molar-refractivity contribution in [2.45, 2.75) is 75.2 Å². The molecule has 0 aromatic rings. The van der Waals surface area contributed by atoms with Crippen LogP contribution in [0.15, 0.2) is 0 Å². The first kappa shape index (κ1) is 12.0. The minimum Gasteiger partial charge on any atom is -0.0944 e. The molecule has 2 heteroatoms. The molecule has 0 saturated carbocycles. The molecule has 0 N–H and O–H groups in total. The lowest BCUT2D eigenvalue weighted by atomic mass is 9.21. The van der Waals surface area contributed by atoms with Gasteiger partial charge in [0.05, 0.1) is 0 Å². The Labute approximate surface area is 104 Å². The summed E-state index contributed by atoms with van der Waals surface area (Å²) in [5, 5.41) is 0. The van der Waals surface area contributed by atoms with Crippen molar-refractivity contribution in [3.63, 3.8) is 0 Å². The van der Waals surface area contributed by atoms with Gasteiger partial charge in [0, 0.05) is 4.22 Å². The standard InChI is InChI=1S/C13H24BBr/c1-10(2)13(3,15)14-11-6-4-7-12(14)9-5-8-11/h10-12H,4-9H2,1-3H3. The Morgan fingerprint density at radius 3 is 1.80 bits per heavy atom. The van der Waals surface area contributed by atoms with Crippen molar-refractivity contribution in [2.75, 3.05) is 0 Å². The first-order valence-electron chi connectivity index (χ1n) is 6.72. The summed E-state index contributed by atoms with van der Waals surface area (Å²) >= 11 is 4.06. The molecule has 2 heterocycles. The maximum Gasteiger partial charge on any atom is 0.166 e. The molecule has 2 rings (SSSR count). The predicted octanol–water partition coefficient (Wildman–Crippen LogP) is 4.94. The van der Waals surface area contributed by atoms with Gasteiger partial charge < -0.3 is 0 Å². The van der Waals surface area contributed by atoms with Crippen LogP contribution in [0, 0.1) is 5.92 Å². The Hall–Kier alpha value is 0.545. The van der Waals surface area contributed by atoms with Crippen molar-refractivity contribution in [3.8, 4) is 0 Å². The van der Waals surface area contributed by atoms with Gasteiger partial charge in [-0.2, -0.15) is 0 Å². The molecule has 2 aliphatic rings. The van der Waals surface area contributed by atoms with Crippen molar-refractivity contribution >= 4 is 22.6 Å². The van der Waals surface area contributed by atoms with Crippen LogP contribution < -0.4 is 0 Å². The van der Waals surface area contributed by atoms with Crippen LogP contribution in [0.25, 0.3) is 0 Å². The summed E-state index contributed by atoms with van der Waals surface area (Å²) in [5.41, 5.74) is 0. The largest absolute Gasteiger partial charge is 0.166 e. The van der Waals surface area contributed by atoms with Crippen molar-refractivity contribution in [1.29, 1.82) is 0 Å². The molecule has 1 unspecified atom stereocenters. The van der Waals surface area contributed by atoms with Crippen molar-refractivity contribution < 1.29 is 0 Å². The fourth-order valence-electron chi connectivity index (χ4n) is 3.98. The molecule has 2 aliphatic heterocycles. The Bertz CT molecular complexity index is 203. The Morgan fingerprint density at radius 1 is 1.07 bits per heavy atom. The maximum atomic E-state index is 4.06.